The zero-order valence-electron chi connectivity index (χ0n) is 10.2. The first-order valence-corrected chi connectivity index (χ1v) is 6.65. The normalized spacial score (nSPS) is 10.8. The van der Waals surface area contributed by atoms with Crippen molar-refractivity contribution in [2.75, 3.05) is 0 Å². The minimum Gasteiger partial charge on any atom is -0.477 e. The number of carboxylic acid groups (broad SMARTS) is 1. The van der Waals surface area contributed by atoms with Crippen LogP contribution < -0.4 is 5.56 Å². The van der Waals surface area contributed by atoms with E-state index in [1.54, 1.807) is 18.2 Å². The lowest BCUT2D eigenvalue weighted by molar-refractivity contribution is 0.0690. The molecule has 0 amide bonds. The zero-order chi connectivity index (χ0) is 14.1. The number of carboxylic acids is 1. The molecule has 3 rings (SSSR count). The van der Waals surface area contributed by atoms with Gasteiger partial charge in [-0.3, -0.25) is 9.36 Å². The van der Waals surface area contributed by atoms with Crippen molar-refractivity contribution in [3.63, 3.8) is 0 Å². The molecule has 0 aliphatic rings. The van der Waals surface area contributed by atoms with Gasteiger partial charge in [0.25, 0.3) is 5.56 Å². The lowest BCUT2D eigenvalue weighted by Crippen LogP contribution is -2.21. The van der Waals surface area contributed by atoms with Gasteiger partial charge in [0.05, 0.1) is 24.1 Å². The van der Waals surface area contributed by atoms with Crippen LogP contribution in [0.25, 0.3) is 10.2 Å². The van der Waals surface area contributed by atoms with Crippen molar-refractivity contribution >= 4 is 27.5 Å². The topological polar surface area (TPSA) is 85.1 Å². The maximum absolute atomic E-state index is 12.2. The largest absolute Gasteiger partial charge is 0.477 e. The molecule has 0 atom stereocenters. The van der Waals surface area contributed by atoms with Gasteiger partial charge in [-0.05, 0) is 23.6 Å². The van der Waals surface area contributed by atoms with E-state index in [9.17, 15) is 9.59 Å². The molecule has 0 saturated heterocycles. The van der Waals surface area contributed by atoms with Crippen LogP contribution in [-0.4, -0.2) is 25.6 Å². The Bertz CT molecular complexity index is 853. The number of carbonyl (C=O) groups is 1. The summed E-state index contributed by atoms with van der Waals surface area (Å²) >= 11 is 1.34. The lowest BCUT2D eigenvalue weighted by Gasteiger charge is -2.05. The molecular formula is C13H9N3O3S. The van der Waals surface area contributed by atoms with Gasteiger partial charge in [0.2, 0.25) is 0 Å². The maximum atomic E-state index is 12.2. The van der Waals surface area contributed by atoms with Crippen LogP contribution in [0, 0.1) is 0 Å². The van der Waals surface area contributed by atoms with Crippen molar-refractivity contribution in [1.29, 1.82) is 0 Å². The highest BCUT2D eigenvalue weighted by atomic mass is 32.1. The summed E-state index contributed by atoms with van der Waals surface area (Å²) in [5, 5.41) is 10.7. The third-order valence-electron chi connectivity index (χ3n) is 2.79. The van der Waals surface area contributed by atoms with E-state index in [0.29, 0.717) is 15.9 Å². The van der Waals surface area contributed by atoms with Crippen LogP contribution in [0.4, 0.5) is 0 Å². The molecule has 3 aromatic heterocycles. The van der Waals surface area contributed by atoms with Gasteiger partial charge in [-0.2, -0.15) is 0 Å². The van der Waals surface area contributed by atoms with E-state index < -0.39 is 5.97 Å². The van der Waals surface area contributed by atoms with E-state index in [1.807, 2.05) is 5.38 Å². The van der Waals surface area contributed by atoms with Gasteiger partial charge in [-0.1, -0.05) is 6.07 Å². The number of thiophene rings is 1. The Balaban J connectivity index is 2.01. The van der Waals surface area contributed by atoms with Gasteiger partial charge in [0, 0.05) is 0 Å². The van der Waals surface area contributed by atoms with Gasteiger partial charge in [-0.15, -0.1) is 11.3 Å². The second kappa shape index (κ2) is 4.86. The molecule has 0 saturated carbocycles. The van der Waals surface area contributed by atoms with Crippen molar-refractivity contribution in [1.82, 2.24) is 14.5 Å². The van der Waals surface area contributed by atoms with E-state index in [1.165, 1.54) is 28.3 Å². The highest BCUT2D eigenvalue weighted by Gasteiger charge is 2.08. The molecular weight excluding hydrogens is 278 g/mol. The van der Waals surface area contributed by atoms with Gasteiger partial charge in [0.15, 0.2) is 0 Å². The fraction of sp³-hybridized carbons (Fsp3) is 0.0769. The third kappa shape index (κ3) is 2.19. The minimum absolute atomic E-state index is 0.0410. The molecule has 0 radical (unpaired) electrons. The second-order valence-electron chi connectivity index (χ2n) is 4.13. The molecule has 0 fully saturated rings. The molecule has 0 bridgehead atoms. The van der Waals surface area contributed by atoms with Crippen molar-refractivity contribution in [2.24, 2.45) is 0 Å². The van der Waals surface area contributed by atoms with E-state index >= 15 is 0 Å². The van der Waals surface area contributed by atoms with Crippen LogP contribution in [0.3, 0.4) is 0 Å². The van der Waals surface area contributed by atoms with Crippen LogP contribution >= 0.6 is 11.3 Å². The highest BCUT2D eigenvalue weighted by Crippen LogP contribution is 2.13. The number of aromatic carboxylic acids is 1. The first kappa shape index (κ1) is 12.5. The molecule has 0 aliphatic heterocycles. The summed E-state index contributed by atoms with van der Waals surface area (Å²) in [6.45, 7) is 0.195. The number of aromatic nitrogens is 3. The predicted molar refractivity (Wildman–Crippen MR) is 74.2 cm³/mol. The van der Waals surface area contributed by atoms with Crippen molar-refractivity contribution < 1.29 is 9.90 Å². The number of pyridine rings is 1. The predicted octanol–water partition coefficient (Wildman–Crippen LogP) is 1.60. The number of hydrogen-bond donors (Lipinski definition) is 1. The average Bonchev–Trinajstić information content (AvgIpc) is 2.91. The van der Waals surface area contributed by atoms with Gasteiger partial charge < -0.3 is 5.11 Å². The van der Waals surface area contributed by atoms with E-state index in [-0.39, 0.29) is 17.8 Å². The number of fused-ring (bicyclic) bond motifs is 1. The Hall–Kier alpha value is -2.54. The standard InChI is InChI=1S/C13H9N3O3S/c17-12-11-9(4-5-20-11)14-7-16(12)6-8-2-1-3-10(15-8)13(18)19/h1-5,7H,6H2,(H,18,19). The van der Waals surface area contributed by atoms with Crippen molar-refractivity contribution in [2.45, 2.75) is 6.54 Å². The molecule has 100 valence electrons. The fourth-order valence-electron chi connectivity index (χ4n) is 1.85. The van der Waals surface area contributed by atoms with Gasteiger partial charge >= 0.3 is 5.97 Å². The molecule has 0 aliphatic carbocycles. The summed E-state index contributed by atoms with van der Waals surface area (Å²) < 4.78 is 2.01. The number of hydrogen-bond acceptors (Lipinski definition) is 5. The first-order chi connectivity index (χ1) is 9.65. The van der Waals surface area contributed by atoms with Crippen LogP contribution in [0.15, 0.2) is 40.8 Å². The zero-order valence-corrected chi connectivity index (χ0v) is 11.0. The molecule has 0 spiro atoms. The Labute approximate surface area is 117 Å². The summed E-state index contributed by atoms with van der Waals surface area (Å²) in [6, 6.07) is 6.48. The smallest absolute Gasteiger partial charge is 0.354 e. The summed E-state index contributed by atoms with van der Waals surface area (Å²) in [5.41, 5.74) is 0.987. The summed E-state index contributed by atoms with van der Waals surface area (Å²) in [4.78, 5) is 31.3. The Morgan fingerprint density at radius 2 is 2.20 bits per heavy atom. The molecule has 0 aromatic carbocycles. The average molecular weight is 287 g/mol. The molecule has 7 heteroatoms. The summed E-state index contributed by atoms with van der Waals surface area (Å²) in [5.74, 6) is -1.09. The molecule has 3 heterocycles. The molecule has 20 heavy (non-hydrogen) atoms. The fourth-order valence-corrected chi connectivity index (χ4v) is 2.65. The minimum atomic E-state index is -1.09. The molecule has 6 nitrogen and oxygen atoms in total. The lowest BCUT2D eigenvalue weighted by atomic mass is 10.3. The van der Waals surface area contributed by atoms with Crippen molar-refractivity contribution in [3.8, 4) is 0 Å². The SMILES string of the molecule is O=C(O)c1cccc(Cn2cnc3ccsc3c2=O)n1. The van der Waals surface area contributed by atoms with Crippen molar-refractivity contribution in [3.05, 3.63) is 57.7 Å². The van der Waals surface area contributed by atoms with E-state index in [4.69, 9.17) is 5.11 Å². The van der Waals surface area contributed by atoms with Gasteiger partial charge in [0.1, 0.15) is 10.4 Å². The monoisotopic (exact) mass is 287 g/mol. The molecule has 3 aromatic rings. The Morgan fingerprint density at radius 3 is 3.00 bits per heavy atom. The van der Waals surface area contributed by atoms with E-state index in [0.717, 1.165) is 0 Å². The van der Waals surface area contributed by atoms with Crippen LogP contribution in [0.5, 0.6) is 0 Å². The number of rotatable bonds is 3. The van der Waals surface area contributed by atoms with Crippen LogP contribution in [0.1, 0.15) is 16.2 Å². The van der Waals surface area contributed by atoms with Crippen LogP contribution in [-0.2, 0) is 6.54 Å². The van der Waals surface area contributed by atoms with Gasteiger partial charge in [-0.25, -0.2) is 14.8 Å². The van der Waals surface area contributed by atoms with Crippen LogP contribution in [0.2, 0.25) is 0 Å². The quantitative estimate of drug-likeness (QED) is 0.791. The summed E-state index contributed by atoms with van der Waals surface area (Å²) in [6.07, 6.45) is 1.45. The first-order valence-electron chi connectivity index (χ1n) is 5.77. The second-order valence-corrected chi connectivity index (χ2v) is 5.05. The number of nitrogens with zero attached hydrogens (tertiary/aromatic N) is 3. The Morgan fingerprint density at radius 1 is 1.35 bits per heavy atom. The molecule has 0 unspecified atom stereocenters. The Kier molecular flexibility index (Phi) is 3.03. The highest BCUT2D eigenvalue weighted by molar-refractivity contribution is 7.17. The summed E-state index contributed by atoms with van der Waals surface area (Å²) in [7, 11) is 0. The maximum Gasteiger partial charge on any atom is 0.354 e. The molecule has 1 N–H and O–H groups in total. The third-order valence-corrected chi connectivity index (χ3v) is 3.69. The van der Waals surface area contributed by atoms with E-state index in [2.05, 4.69) is 9.97 Å².